The first-order valence-electron chi connectivity index (χ1n) is 5.79. The van der Waals surface area contributed by atoms with Crippen molar-refractivity contribution in [3.05, 3.63) is 45.6 Å². The zero-order valence-electron chi connectivity index (χ0n) is 10.8. The molecule has 0 aliphatic rings. The summed E-state index contributed by atoms with van der Waals surface area (Å²) in [6.07, 6.45) is 0. The van der Waals surface area contributed by atoms with Gasteiger partial charge >= 0.3 is 0 Å². The molecule has 1 heterocycles. The zero-order chi connectivity index (χ0) is 14.0. The van der Waals surface area contributed by atoms with Crippen molar-refractivity contribution in [2.24, 2.45) is 5.14 Å². The molecule has 0 fully saturated rings. The van der Waals surface area contributed by atoms with Crippen LogP contribution in [-0.4, -0.2) is 8.42 Å². The van der Waals surface area contributed by atoms with Crippen molar-refractivity contribution in [2.75, 3.05) is 5.32 Å². The van der Waals surface area contributed by atoms with E-state index in [1.165, 1.54) is 21.4 Å². The Morgan fingerprint density at radius 3 is 2.53 bits per heavy atom. The van der Waals surface area contributed by atoms with Gasteiger partial charge in [0.1, 0.15) is 4.90 Å². The molecule has 0 saturated carbocycles. The highest BCUT2D eigenvalue weighted by molar-refractivity contribution is 7.89. The first-order chi connectivity index (χ1) is 8.88. The molecule has 1 aromatic carbocycles. The van der Waals surface area contributed by atoms with E-state index in [-0.39, 0.29) is 4.90 Å². The number of nitrogens with one attached hydrogen (secondary N) is 1. The Balaban J connectivity index is 2.21. The van der Waals surface area contributed by atoms with Crippen LogP contribution in [0.2, 0.25) is 0 Å². The SMILES string of the molecule is Cc1cc(CNc2ccccc2S(N)(=O)=O)sc1C. The quantitative estimate of drug-likeness (QED) is 0.911. The molecule has 0 saturated heterocycles. The van der Waals surface area contributed by atoms with Crippen LogP contribution in [0.3, 0.4) is 0 Å². The monoisotopic (exact) mass is 296 g/mol. The predicted octanol–water partition coefficient (Wildman–Crippen LogP) is 2.62. The van der Waals surface area contributed by atoms with Gasteiger partial charge in [0, 0.05) is 16.3 Å². The summed E-state index contributed by atoms with van der Waals surface area (Å²) in [5.41, 5.74) is 1.79. The van der Waals surface area contributed by atoms with Crippen molar-refractivity contribution in [1.82, 2.24) is 0 Å². The van der Waals surface area contributed by atoms with Crippen LogP contribution in [0.4, 0.5) is 5.69 Å². The number of thiophene rings is 1. The maximum Gasteiger partial charge on any atom is 0.240 e. The summed E-state index contributed by atoms with van der Waals surface area (Å²) < 4.78 is 22.9. The van der Waals surface area contributed by atoms with Gasteiger partial charge in [-0.2, -0.15) is 0 Å². The third-order valence-corrected chi connectivity index (χ3v) is 4.99. The van der Waals surface area contributed by atoms with Gasteiger partial charge in [0.2, 0.25) is 10.0 Å². The second-order valence-corrected chi connectivity index (χ2v) is 7.22. The molecular formula is C13H16N2O2S2. The number of nitrogens with two attached hydrogens (primary N) is 1. The van der Waals surface area contributed by atoms with Crippen LogP contribution in [0.25, 0.3) is 0 Å². The van der Waals surface area contributed by atoms with E-state index >= 15 is 0 Å². The second kappa shape index (κ2) is 5.32. The summed E-state index contributed by atoms with van der Waals surface area (Å²) in [6.45, 7) is 4.72. The Kier molecular flexibility index (Phi) is 3.93. The van der Waals surface area contributed by atoms with Crippen LogP contribution < -0.4 is 10.5 Å². The van der Waals surface area contributed by atoms with E-state index in [2.05, 4.69) is 25.2 Å². The van der Waals surface area contributed by atoms with E-state index in [9.17, 15) is 8.42 Å². The van der Waals surface area contributed by atoms with Gasteiger partial charge in [-0.15, -0.1) is 11.3 Å². The van der Waals surface area contributed by atoms with Gasteiger partial charge in [0.25, 0.3) is 0 Å². The van der Waals surface area contributed by atoms with Gasteiger partial charge in [-0.3, -0.25) is 0 Å². The van der Waals surface area contributed by atoms with Crippen LogP contribution in [0.1, 0.15) is 15.3 Å². The molecule has 19 heavy (non-hydrogen) atoms. The molecule has 102 valence electrons. The highest BCUT2D eigenvalue weighted by Crippen LogP contribution is 2.24. The molecule has 1 aromatic heterocycles. The highest BCUT2D eigenvalue weighted by atomic mass is 32.2. The van der Waals surface area contributed by atoms with E-state index < -0.39 is 10.0 Å². The lowest BCUT2D eigenvalue weighted by atomic mass is 10.3. The minimum atomic E-state index is -3.70. The summed E-state index contributed by atoms with van der Waals surface area (Å²) in [6, 6.07) is 8.76. The molecule has 0 spiro atoms. The number of anilines is 1. The summed E-state index contributed by atoms with van der Waals surface area (Å²) in [7, 11) is -3.70. The molecule has 0 radical (unpaired) electrons. The first-order valence-corrected chi connectivity index (χ1v) is 8.16. The van der Waals surface area contributed by atoms with E-state index in [1.54, 1.807) is 29.5 Å². The fourth-order valence-corrected chi connectivity index (χ4v) is 3.49. The van der Waals surface area contributed by atoms with Gasteiger partial charge < -0.3 is 5.32 Å². The minimum Gasteiger partial charge on any atom is -0.379 e. The van der Waals surface area contributed by atoms with Crippen LogP contribution in [0.15, 0.2) is 35.2 Å². The van der Waals surface area contributed by atoms with Crippen LogP contribution in [-0.2, 0) is 16.6 Å². The Morgan fingerprint density at radius 1 is 1.26 bits per heavy atom. The molecule has 4 nitrogen and oxygen atoms in total. The topological polar surface area (TPSA) is 72.2 Å². The lowest BCUT2D eigenvalue weighted by Gasteiger charge is -2.09. The van der Waals surface area contributed by atoms with Gasteiger partial charge in [0.05, 0.1) is 5.69 Å². The first kappa shape index (κ1) is 14.0. The zero-order valence-corrected chi connectivity index (χ0v) is 12.4. The number of hydrogen-bond acceptors (Lipinski definition) is 4. The number of para-hydroxylation sites is 1. The Morgan fingerprint density at radius 2 is 1.95 bits per heavy atom. The van der Waals surface area contributed by atoms with Crippen LogP contribution >= 0.6 is 11.3 Å². The largest absolute Gasteiger partial charge is 0.379 e. The Labute approximate surface area is 117 Å². The van der Waals surface area contributed by atoms with Gasteiger partial charge in [-0.05, 0) is 37.6 Å². The summed E-state index contributed by atoms with van der Waals surface area (Å²) in [4.78, 5) is 2.57. The minimum absolute atomic E-state index is 0.125. The summed E-state index contributed by atoms with van der Waals surface area (Å²) >= 11 is 1.70. The van der Waals surface area contributed by atoms with E-state index in [0.717, 1.165) is 0 Å². The Hall–Kier alpha value is -1.37. The normalized spacial score (nSPS) is 11.5. The second-order valence-electron chi connectivity index (χ2n) is 4.35. The summed E-state index contributed by atoms with van der Waals surface area (Å²) in [5.74, 6) is 0. The van der Waals surface area contributed by atoms with Crippen molar-refractivity contribution in [3.8, 4) is 0 Å². The molecule has 2 aromatic rings. The fraction of sp³-hybridized carbons (Fsp3) is 0.231. The van der Waals surface area contributed by atoms with Crippen molar-refractivity contribution >= 4 is 27.0 Å². The molecule has 2 rings (SSSR count). The van der Waals surface area contributed by atoms with E-state index in [0.29, 0.717) is 12.2 Å². The van der Waals surface area contributed by atoms with E-state index in [4.69, 9.17) is 5.14 Å². The number of hydrogen-bond donors (Lipinski definition) is 2. The number of benzene rings is 1. The number of primary sulfonamides is 1. The third-order valence-electron chi connectivity index (χ3n) is 2.86. The van der Waals surface area contributed by atoms with Crippen molar-refractivity contribution in [2.45, 2.75) is 25.3 Å². The lowest BCUT2D eigenvalue weighted by molar-refractivity contribution is 0.598. The van der Waals surface area contributed by atoms with Crippen molar-refractivity contribution < 1.29 is 8.42 Å². The van der Waals surface area contributed by atoms with Crippen LogP contribution in [0, 0.1) is 13.8 Å². The Bertz CT molecular complexity index is 671. The average molecular weight is 296 g/mol. The number of sulfonamides is 1. The molecule has 3 N–H and O–H groups in total. The number of aryl methyl sites for hydroxylation is 2. The molecule has 0 aliphatic heterocycles. The molecule has 0 aliphatic carbocycles. The lowest BCUT2D eigenvalue weighted by Crippen LogP contribution is -2.14. The van der Waals surface area contributed by atoms with Gasteiger partial charge in [-0.1, -0.05) is 12.1 Å². The van der Waals surface area contributed by atoms with Gasteiger partial charge in [-0.25, -0.2) is 13.6 Å². The molecular weight excluding hydrogens is 280 g/mol. The average Bonchev–Trinajstić information content (AvgIpc) is 2.65. The maximum absolute atomic E-state index is 11.5. The molecule has 0 bridgehead atoms. The number of rotatable bonds is 4. The van der Waals surface area contributed by atoms with Gasteiger partial charge in [0.15, 0.2) is 0 Å². The third kappa shape index (κ3) is 3.34. The van der Waals surface area contributed by atoms with Crippen molar-refractivity contribution in [3.63, 3.8) is 0 Å². The maximum atomic E-state index is 11.5. The standard InChI is InChI=1S/C13H16N2O2S2/c1-9-7-11(18-10(9)2)8-15-12-5-3-4-6-13(12)19(14,16)17/h3-7,15H,8H2,1-2H3,(H2,14,16,17). The van der Waals surface area contributed by atoms with E-state index in [1.807, 2.05) is 0 Å². The molecule has 0 amide bonds. The highest BCUT2D eigenvalue weighted by Gasteiger charge is 2.13. The molecule has 0 atom stereocenters. The predicted molar refractivity (Wildman–Crippen MR) is 78.9 cm³/mol. The molecule has 0 unspecified atom stereocenters. The fourth-order valence-electron chi connectivity index (χ4n) is 1.78. The molecule has 6 heteroatoms. The van der Waals surface area contributed by atoms with Crippen LogP contribution in [0.5, 0.6) is 0 Å². The summed E-state index contributed by atoms with van der Waals surface area (Å²) in [5, 5.41) is 8.32. The smallest absolute Gasteiger partial charge is 0.240 e. The van der Waals surface area contributed by atoms with Crippen molar-refractivity contribution in [1.29, 1.82) is 0 Å².